The highest BCUT2D eigenvalue weighted by atomic mass is 16.2. The van der Waals surface area contributed by atoms with Crippen molar-refractivity contribution >= 4 is 33.3 Å². The highest BCUT2D eigenvalue weighted by Crippen LogP contribution is 2.30. The van der Waals surface area contributed by atoms with Gasteiger partial charge in [0.2, 0.25) is 5.91 Å². The molecule has 0 bridgehead atoms. The number of amides is 1. The highest BCUT2D eigenvalue weighted by molar-refractivity contribution is 6.09. The first kappa shape index (κ1) is 13.4. The number of hydrogen-bond acceptors (Lipinski definition) is 5. The Morgan fingerprint density at radius 3 is 3.22 bits per heavy atom. The first-order chi connectivity index (χ1) is 11.3. The minimum Gasteiger partial charge on any atom is -0.346 e. The summed E-state index contributed by atoms with van der Waals surface area (Å²) in [4.78, 5) is 21.0. The summed E-state index contributed by atoms with van der Waals surface area (Å²) in [6.07, 6.45) is 7.16. The average molecular weight is 304 g/mol. The second kappa shape index (κ2) is 5.18. The zero-order valence-electron chi connectivity index (χ0n) is 12.2. The van der Waals surface area contributed by atoms with E-state index in [9.17, 15) is 4.79 Å². The van der Waals surface area contributed by atoms with Gasteiger partial charge in [0.15, 0.2) is 0 Å². The number of hydrogen-bond donors (Lipinski definition) is 1. The summed E-state index contributed by atoms with van der Waals surface area (Å²) in [7, 11) is 0. The SMILES string of the molecule is N#CCC(=O)N1CC=C(c2nncc3cnc4[nH]ccc4c23)C1. The van der Waals surface area contributed by atoms with E-state index >= 15 is 0 Å². The number of rotatable bonds is 2. The normalized spacial score (nSPS) is 14.2. The molecule has 4 rings (SSSR count). The molecule has 1 N–H and O–H groups in total. The fourth-order valence-corrected chi connectivity index (χ4v) is 2.91. The second-order valence-electron chi connectivity index (χ2n) is 5.36. The van der Waals surface area contributed by atoms with Gasteiger partial charge in [-0.3, -0.25) is 4.79 Å². The van der Waals surface area contributed by atoms with Crippen LogP contribution in [0, 0.1) is 11.3 Å². The minimum absolute atomic E-state index is 0.103. The van der Waals surface area contributed by atoms with Gasteiger partial charge in [-0.05, 0) is 11.6 Å². The maximum atomic E-state index is 11.9. The van der Waals surface area contributed by atoms with Crippen molar-refractivity contribution in [2.45, 2.75) is 6.42 Å². The first-order valence-electron chi connectivity index (χ1n) is 7.19. The minimum atomic E-state index is -0.166. The van der Waals surface area contributed by atoms with E-state index in [0.29, 0.717) is 13.1 Å². The predicted molar refractivity (Wildman–Crippen MR) is 84.0 cm³/mol. The van der Waals surface area contributed by atoms with Crippen LogP contribution in [0.3, 0.4) is 0 Å². The number of aromatic amines is 1. The van der Waals surface area contributed by atoms with Crippen LogP contribution in [0.25, 0.3) is 27.4 Å². The fraction of sp³-hybridized carbons (Fsp3) is 0.188. The van der Waals surface area contributed by atoms with E-state index in [1.54, 1.807) is 17.3 Å². The fourth-order valence-electron chi connectivity index (χ4n) is 2.91. The molecule has 0 saturated heterocycles. The van der Waals surface area contributed by atoms with Crippen molar-refractivity contribution < 1.29 is 4.79 Å². The van der Waals surface area contributed by atoms with E-state index in [1.807, 2.05) is 24.4 Å². The van der Waals surface area contributed by atoms with Crippen LogP contribution in [0.1, 0.15) is 12.1 Å². The maximum absolute atomic E-state index is 11.9. The summed E-state index contributed by atoms with van der Waals surface area (Å²) in [6.45, 7) is 0.942. The molecule has 0 atom stereocenters. The van der Waals surface area contributed by atoms with E-state index in [0.717, 1.165) is 33.1 Å². The summed E-state index contributed by atoms with van der Waals surface area (Å²) >= 11 is 0. The number of nitrogens with one attached hydrogen (secondary N) is 1. The molecule has 7 heteroatoms. The van der Waals surface area contributed by atoms with Crippen molar-refractivity contribution in [3.63, 3.8) is 0 Å². The second-order valence-corrected chi connectivity index (χ2v) is 5.36. The van der Waals surface area contributed by atoms with Gasteiger partial charge >= 0.3 is 0 Å². The van der Waals surface area contributed by atoms with E-state index in [4.69, 9.17) is 5.26 Å². The van der Waals surface area contributed by atoms with Gasteiger partial charge < -0.3 is 9.88 Å². The van der Waals surface area contributed by atoms with Crippen molar-refractivity contribution in [1.82, 2.24) is 25.1 Å². The number of pyridine rings is 1. The number of aromatic nitrogens is 4. The number of nitrogens with zero attached hydrogens (tertiary/aromatic N) is 5. The Labute approximate surface area is 131 Å². The van der Waals surface area contributed by atoms with Crippen LogP contribution in [0.2, 0.25) is 0 Å². The predicted octanol–water partition coefficient (Wildman–Crippen LogP) is 1.65. The molecule has 1 aliphatic heterocycles. The van der Waals surface area contributed by atoms with Crippen molar-refractivity contribution in [2.24, 2.45) is 0 Å². The standard InChI is InChI=1S/C16H12N6O/c17-4-1-13(23)22-6-3-10(9-22)15-14-11(8-20-21-15)7-19-16-12(14)2-5-18-16/h2-3,5,7-8H,1,6,9H2,(H,18,19). The third kappa shape index (κ3) is 2.12. The Morgan fingerprint density at radius 2 is 2.35 bits per heavy atom. The lowest BCUT2D eigenvalue weighted by Gasteiger charge is -2.14. The average Bonchev–Trinajstić information content (AvgIpc) is 3.23. The van der Waals surface area contributed by atoms with E-state index in [1.165, 1.54) is 0 Å². The third-order valence-corrected chi connectivity index (χ3v) is 4.01. The zero-order chi connectivity index (χ0) is 15.8. The number of fused-ring (bicyclic) bond motifs is 3. The number of carbonyl (C=O) groups is 1. The van der Waals surface area contributed by atoms with E-state index in [2.05, 4.69) is 20.2 Å². The quantitative estimate of drug-likeness (QED) is 0.776. The molecule has 0 saturated carbocycles. The molecule has 23 heavy (non-hydrogen) atoms. The Morgan fingerprint density at radius 1 is 1.43 bits per heavy atom. The Bertz CT molecular complexity index is 997. The third-order valence-electron chi connectivity index (χ3n) is 4.01. The van der Waals surface area contributed by atoms with Gasteiger partial charge in [0.05, 0.1) is 18.0 Å². The molecule has 1 amide bonds. The van der Waals surface area contributed by atoms with E-state index < -0.39 is 0 Å². The smallest absolute Gasteiger partial charge is 0.237 e. The van der Waals surface area contributed by atoms with Gasteiger partial charge in [0.1, 0.15) is 12.1 Å². The lowest BCUT2D eigenvalue weighted by molar-refractivity contribution is -0.128. The highest BCUT2D eigenvalue weighted by Gasteiger charge is 2.23. The summed E-state index contributed by atoms with van der Waals surface area (Å²) < 4.78 is 0. The molecule has 4 heterocycles. The van der Waals surface area contributed by atoms with Gasteiger partial charge in [-0.15, -0.1) is 0 Å². The molecule has 0 aromatic carbocycles. The summed E-state index contributed by atoms with van der Waals surface area (Å²) in [5.41, 5.74) is 2.51. The van der Waals surface area contributed by atoms with Gasteiger partial charge in [0, 0.05) is 41.6 Å². The van der Waals surface area contributed by atoms with Gasteiger partial charge in [-0.1, -0.05) is 6.08 Å². The van der Waals surface area contributed by atoms with Crippen LogP contribution >= 0.6 is 0 Å². The summed E-state index contributed by atoms with van der Waals surface area (Å²) in [5.74, 6) is -0.166. The summed E-state index contributed by atoms with van der Waals surface area (Å²) in [6, 6.07) is 3.86. The topological polar surface area (TPSA) is 98.6 Å². The molecule has 0 spiro atoms. The molecule has 1 aliphatic rings. The molecule has 3 aromatic heterocycles. The molecule has 7 nitrogen and oxygen atoms in total. The van der Waals surface area contributed by atoms with E-state index in [-0.39, 0.29) is 12.3 Å². The van der Waals surface area contributed by atoms with Crippen LogP contribution in [-0.4, -0.2) is 44.1 Å². The first-order valence-corrected chi connectivity index (χ1v) is 7.19. The maximum Gasteiger partial charge on any atom is 0.237 e. The molecule has 0 unspecified atom stereocenters. The van der Waals surface area contributed by atoms with Crippen molar-refractivity contribution in [3.05, 3.63) is 36.4 Å². The molecular weight excluding hydrogens is 292 g/mol. The largest absolute Gasteiger partial charge is 0.346 e. The van der Waals surface area contributed by atoms with Crippen LogP contribution in [0.15, 0.2) is 30.7 Å². The Kier molecular flexibility index (Phi) is 3.01. The van der Waals surface area contributed by atoms with Crippen LogP contribution in [0.5, 0.6) is 0 Å². The molecule has 0 aliphatic carbocycles. The monoisotopic (exact) mass is 304 g/mol. The number of carbonyl (C=O) groups excluding carboxylic acids is 1. The lowest BCUT2D eigenvalue weighted by Crippen LogP contribution is -2.28. The lowest BCUT2D eigenvalue weighted by atomic mass is 10.1. The van der Waals surface area contributed by atoms with Crippen LogP contribution < -0.4 is 0 Å². The Hall–Kier alpha value is -3.27. The van der Waals surface area contributed by atoms with Crippen molar-refractivity contribution in [3.8, 4) is 6.07 Å². The van der Waals surface area contributed by atoms with Crippen molar-refractivity contribution in [2.75, 3.05) is 13.1 Å². The van der Waals surface area contributed by atoms with Gasteiger partial charge in [0.25, 0.3) is 0 Å². The molecule has 0 fully saturated rings. The molecular formula is C16H12N6O. The van der Waals surface area contributed by atoms with Gasteiger partial charge in [-0.2, -0.15) is 15.5 Å². The van der Waals surface area contributed by atoms with Gasteiger partial charge in [-0.25, -0.2) is 4.98 Å². The number of nitriles is 1. The van der Waals surface area contributed by atoms with Crippen LogP contribution in [-0.2, 0) is 4.79 Å². The van der Waals surface area contributed by atoms with Crippen LogP contribution in [0.4, 0.5) is 0 Å². The number of H-pyrrole nitrogens is 1. The van der Waals surface area contributed by atoms with Crippen molar-refractivity contribution in [1.29, 1.82) is 5.26 Å². The summed E-state index contributed by atoms with van der Waals surface area (Å²) in [5, 5.41) is 19.9. The molecule has 112 valence electrons. The molecule has 3 aromatic rings. The Balaban J connectivity index is 1.80. The zero-order valence-corrected chi connectivity index (χ0v) is 12.2. The molecule has 0 radical (unpaired) electrons.